The van der Waals surface area contributed by atoms with Crippen LogP contribution in [0.4, 0.5) is 0 Å². The third-order valence-electron chi connectivity index (χ3n) is 2.92. The molecule has 1 atom stereocenters. The first-order valence-corrected chi connectivity index (χ1v) is 7.56. The number of pyridine rings is 1. The van der Waals surface area contributed by atoms with Gasteiger partial charge < -0.3 is 5.73 Å². The molecule has 19 heavy (non-hydrogen) atoms. The minimum absolute atomic E-state index is 0.0999. The van der Waals surface area contributed by atoms with Crippen LogP contribution in [0, 0.1) is 5.92 Å². The quantitative estimate of drug-likeness (QED) is 0.858. The van der Waals surface area contributed by atoms with Crippen LogP contribution < -0.4 is 10.5 Å². The molecule has 0 aliphatic carbocycles. The first kappa shape index (κ1) is 13.9. The third-order valence-corrected chi connectivity index (χ3v) is 4.40. The Labute approximate surface area is 112 Å². The number of hydrogen-bond donors (Lipinski definition) is 2. The lowest BCUT2D eigenvalue weighted by atomic mass is 10.2. The number of sulfonamides is 1. The van der Waals surface area contributed by atoms with E-state index in [1.54, 1.807) is 36.5 Å². The minimum Gasteiger partial charge on any atom is -0.330 e. The van der Waals surface area contributed by atoms with Gasteiger partial charge in [0, 0.05) is 18.1 Å². The average Bonchev–Trinajstić information content (AvgIpc) is 2.44. The van der Waals surface area contributed by atoms with E-state index >= 15 is 0 Å². The van der Waals surface area contributed by atoms with Crippen LogP contribution in [0.3, 0.4) is 0 Å². The van der Waals surface area contributed by atoms with Crippen molar-refractivity contribution in [2.75, 3.05) is 13.1 Å². The first-order chi connectivity index (χ1) is 9.04. The summed E-state index contributed by atoms with van der Waals surface area (Å²) < 4.78 is 27.2. The first-order valence-electron chi connectivity index (χ1n) is 6.08. The molecule has 6 heteroatoms. The fraction of sp³-hybridized carbons (Fsp3) is 0.308. The lowest BCUT2D eigenvalue weighted by Gasteiger charge is -2.12. The number of nitrogens with one attached hydrogen (secondary N) is 1. The van der Waals surface area contributed by atoms with Gasteiger partial charge in [0.1, 0.15) is 0 Å². The highest BCUT2D eigenvalue weighted by Crippen LogP contribution is 2.20. The molecule has 2 rings (SSSR count). The molecule has 1 aromatic heterocycles. The molecule has 102 valence electrons. The largest absolute Gasteiger partial charge is 0.330 e. The molecule has 0 fully saturated rings. The zero-order chi connectivity index (χ0) is 13.9. The van der Waals surface area contributed by atoms with Gasteiger partial charge in [-0.15, -0.1) is 0 Å². The normalized spacial score (nSPS) is 13.6. The summed E-state index contributed by atoms with van der Waals surface area (Å²) in [5, 5.41) is 0.623. The Bertz CT molecular complexity index is 665. The Balaban J connectivity index is 2.38. The summed E-state index contributed by atoms with van der Waals surface area (Å²) in [4.78, 5) is 4.41. The van der Waals surface area contributed by atoms with Crippen LogP contribution in [0.15, 0.2) is 41.4 Å². The predicted octanol–water partition coefficient (Wildman–Crippen LogP) is 1.11. The molecule has 0 spiro atoms. The van der Waals surface area contributed by atoms with Crippen LogP contribution in [0.1, 0.15) is 6.92 Å². The van der Waals surface area contributed by atoms with Gasteiger partial charge in [0.2, 0.25) is 10.0 Å². The van der Waals surface area contributed by atoms with Crippen LogP contribution in [0.25, 0.3) is 10.9 Å². The second kappa shape index (κ2) is 5.64. The Morgan fingerprint density at radius 1 is 1.32 bits per heavy atom. The third kappa shape index (κ3) is 3.09. The summed E-state index contributed by atoms with van der Waals surface area (Å²) in [5.74, 6) is 0.0999. The van der Waals surface area contributed by atoms with Crippen LogP contribution in [-0.2, 0) is 10.0 Å². The summed E-state index contributed by atoms with van der Waals surface area (Å²) in [6, 6.07) is 8.54. The van der Waals surface area contributed by atoms with Crippen molar-refractivity contribution in [1.29, 1.82) is 0 Å². The molecule has 0 radical (unpaired) electrons. The standard InChI is InChI=1S/C13H17N3O2S/c1-10(8-14)9-16-19(17,18)13-6-2-5-12-11(13)4-3-7-15-12/h2-7,10,16H,8-9,14H2,1H3. The van der Waals surface area contributed by atoms with E-state index in [2.05, 4.69) is 9.71 Å². The monoisotopic (exact) mass is 279 g/mol. The Hall–Kier alpha value is -1.50. The Morgan fingerprint density at radius 2 is 2.11 bits per heavy atom. The molecule has 0 aliphatic rings. The van der Waals surface area contributed by atoms with E-state index in [1.165, 1.54) is 0 Å². The number of aromatic nitrogens is 1. The highest BCUT2D eigenvalue weighted by molar-refractivity contribution is 7.89. The molecule has 1 heterocycles. The number of fused-ring (bicyclic) bond motifs is 1. The van der Waals surface area contributed by atoms with E-state index in [9.17, 15) is 8.42 Å². The lowest BCUT2D eigenvalue weighted by molar-refractivity contribution is 0.545. The summed E-state index contributed by atoms with van der Waals surface area (Å²) in [6.07, 6.45) is 1.64. The fourth-order valence-electron chi connectivity index (χ4n) is 1.72. The summed E-state index contributed by atoms with van der Waals surface area (Å²) in [5.41, 5.74) is 6.15. The highest BCUT2D eigenvalue weighted by Gasteiger charge is 2.17. The number of benzene rings is 1. The molecule has 1 unspecified atom stereocenters. The molecular formula is C13H17N3O2S. The summed E-state index contributed by atoms with van der Waals surface area (Å²) >= 11 is 0. The SMILES string of the molecule is CC(CN)CNS(=O)(=O)c1cccc2ncccc12. The predicted molar refractivity (Wildman–Crippen MR) is 75.1 cm³/mol. The van der Waals surface area contributed by atoms with Crippen LogP contribution in [0.2, 0.25) is 0 Å². The van der Waals surface area contributed by atoms with Crippen molar-refractivity contribution in [3.05, 3.63) is 36.5 Å². The van der Waals surface area contributed by atoms with Crippen molar-refractivity contribution in [2.24, 2.45) is 11.7 Å². The van der Waals surface area contributed by atoms with Crippen molar-refractivity contribution >= 4 is 20.9 Å². The van der Waals surface area contributed by atoms with Gasteiger partial charge in [0.25, 0.3) is 0 Å². The molecule has 0 amide bonds. The van der Waals surface area contributed by atoms with Crippen molar-refractivity contribution in [3.8, 4) is 0 Å². The van der Waals surface area contributed by atoms with Crippen LogP contribution in [-0.4, -0.2) is 26.5 Å². The van der Waals surface area contributed by atoms with Gasteiger partial charge in [-0.25, -0.2) is 13.1 Å². The molecule has 5 nitrogen and oxygen atoms in total. The molecule has 0 aliphatic heterocycles. The fourth-order valence-corrected chi connectivity index (χ4v) is 3.10. The van der Waals surface area contributed by atoms with Crippen LogP contribution in [0.5, 0.6) is 0 Å². The van der Waals surface area contributed by atoms with Gasteiger partial charge in [-0.3, -0.25) is 4.98 Å². The maximum absolute atomic E-state index is 12.3. The van der Waals surface area contributed by atoms with Gasteiger partial charge in [0.15, 0.2) is 0 Å². The van der Waals surface area contributed by atoms with Gasteiger partial charge in [0.05, 0.1) is 10.4 Å². The highest BCUT2D eigenvalue weighted by atomic mass is 32.2. The lowest BCUT2D eigenvalue weighted by Crippen LogP contribution is -2.31. The zero-order valence-corrected chi connectivity index (χ0v) is 11.5. The van der Waals surface area contributed by atoms with Crippen molar-refractivity contribution < 1.29 is 8.42 Å². The van der Waals surface area contributed by atoms with E-state index in [0.29, 0.717) is 24.0 Å². The second-order valence-corrected chi connectivity index (χ2v) is 6.25. The van der Waals surface area contributed by atoms with E-state index in [1.807, 2.05) is 6.92 Å². The van der Waals surface area contributed by atoms with Crippen LogP contribution >= 0.6 is 0 Å². The molecule has 0 bridgehead atoms. The molecule has 0 saturated carbocycles. The topological polar surface area (TPSA) is 85.1 Å². The number of nitrogens with zero attached hydrogens (tertiary/aromatic N) is 1. The Kier molecular flexibility index (Phi) is 4.14. The number of hydrogen-bond acceptors (Lipinski definition) is 4. The number of rotatable bonds is 5. The van der Waals surface area contributed by atoms with Crippen molar-refractivity contribution in [1.82, 2.24) is 9.71 Å². The molecule has 0 saturated heterocycles. The maximum atomic E-state index is 12.3. The van der Waals surface area contributed by atoms with Gasteiger partial charge in [-0.2, -0.15) is 0 Å². The van der Waals surface area contributed by atoms with Gasteiger partial charge >= 0.3 is 0 Å². The summed E-state index contributed by atoms with van der Waals surface area (Å²) in [6.45, 7) is 2.67. The summed E-state index contributed by atoms with van der Waals surface area (Å²) in [7, 11) is -3.54. The van der Waals surface area contributed by atoms with Crippen molar-refractivity contribution in [3.63, 3.8) is 0 Å². The Morgan fingerprint density at radius 3 is 2.84 bits per heavy atom. The van der Waals surface area contributed by atoms with Crippen molar-refractivity contribution in [2.45, 2.75) is 11.8 Å². The van der Waals surface area contributed by atoms with Gasteiger partial charge in [-0.05, 0) is 36.7 Å². The molecule has 3 N–H and O–H groups in total. The smallest absolute Gasteiger partial charge is 0.241 e. The minimum atomic E-state index is -3.54. The average molecular weight is 279 g/mol. The molecular weight excluding hydrogens is 262 g/mol. The van der Waals surface area contributed by atoms with E-state index in [4.69, 9.17) is 5.73 Å². The molecule has 2 aromatic rings. The maximum Gasteiger partial charge on any atom is 0.241 e. The molecule has 1 aromatic carbocycles. The van der Waals surface area contributed by atoms with E-state index < -0.39 is 10.0 Å². The van der Waals surface area contributed by atoms with Gasteiger partial charge in [-0.1, -0.05) is 13.0 Å². The van der Waals surface area contributed by atoms with E-state index in [0.717, 1.165) is 0 Å². The number of nitrogens with two attached hydrogens (primary N) is 1. The zero-order valence-electron chi connectivity index (χ0n) is 10.7. The van der Waals surface area contributed by atoms with E-state index in [-0.39, 0.29) is 10.8 Å². The second-order valence-electron chi connectivity index (χ2n) is 4.52.